The van der Waals surface area contributed by atoms with Crippen molar-refractivity contribution in [2.45, 2.75) is 64.8 Å². The van der Waals surface area contributed by atoms with Crippen LogP contribution in [0, 0.1) is 11.6 Å². The molecule has 4 aliphatic heterocycles. The molecule has 6 aromatic heterocycles. The van der Waals surface area contributed by atoms with E-state index in [-0.39, 0.29) is 118 Å². The molecule has 84 heavy (non-hydrogen) atoms. The first-order chi connectivity index (χ1) is 40.5. The molecule has 2 N–H and O–H groups in total. The maximum atomic E-state index is 15.1. The minimum absolute atomic E-state index is 0.0670. The number of aromatic nitrogens is 8. The summed E-state index contributed by atoms with van der Waals surface area (Å²) < 4.78 is 45.5. The molecule has 4 aliphatic rings. The predicted octanol–water partition coefficient (Wildman–Crippen LogP) is 7.69. The molecule has 8 aromatic rings. The number of pyridine rings is 4. The second kappa shape index (κ2) is 23.2. The van der Waals surface area contributed by atoms with Gasteiger partial charge in [0.15, 0.2) is 22.8 Å². The second-order valence-corrected chi connectivity index (χ2v) is 21.8. The number of hydrogen-bond acceptors (Lipinski definition) is 16. The Balaban J connectivity index is 0.000000175. The number of aliphatic hydroxyl groups excluding tert-OH is 2. The Morgan fingerprint density at radius 3 is 1.38 bits per heavy atom. The Hall–Kier alpha value is -8.70. The Bertz CT molecular complexity index is 3880. The van der Waals surface area contributed by atoms with Crippen LogP contribution in [0.15, 0.2) is 108 Å². The highest BCUT2D eigenvalue weighted by atomic mass is 35.5. The molecule has 0 aliphatic carbocycles. The van der Waals surface area contributed by atoms with Gasteiger partial charge in [-0.25, -0.2) is 37.5 Å². The summed E-state index contributed by atoms with van der Waals surface area (Å²) in [6.07, 6.45) is 5.68. The van der Waals surface area contributed by atoms with Gasteiger partial charge in [-0.1, -0.05) is 88.3 Å². The first-order valence-electron chi connectivity index (χ1n) is 27.1. The highest BCUT2D eigenvalue weighted by Crippen LogP contribution is 2.48. The second-order valence-electron chi connectivity index (χ2n) is 21.0. The number of carbonyl (C=O) groups is 2. The minimum atomic E-state index is -0.660. The number of rotatable bonds is 10. The van der Waals surface area contributed by atoms with Crippen molar-refractivity contribution in [3.05, 3.63) is 164 Å². The van der Waals surface area contributed by atoms with Gasteiger partial charge in [-0.3, -0.25) is 19.6 Å². The Labute approximate surface area is 489 Å². The molecule has 2 amide bonds. The van der Waals surface area contributed by atoms with Crippen molar-refractivity contribution >= 4 is 68.7 Å². The molecule has 12 rings (SSSR count). The number of hydrogen-bond donors (Lipinski definition) is 2. The van der Waals surface area contributed by atoms with E-state index in [2.05, 4.69) is 33.1 Å². The lowest BCUT2D eigenvalue weighted by molar-refractivity contribution is -0.127. The molecule has 20 nitrogen and oxygen atoms in total. The predicted molar refractivity (Wildman–Crippen MR) is 314 cm³/mol. The Morgan fingerprint density at radius 2 is 1.02 bits per heavy atom. The molecule has 0 spiro atoms. The van der Waals surface area contributed by atoms with Crippen molar-refractivity contribution < 1.29 is 38.1 Å². The summed E-state index contributed by atoms with van der Waals surface area (Å²) in [4.78, 5) is 87.8. The number of anilines is 2. The van der Waals surface area contributed by atoms with E-state index in [4.69, 9.17) is 42.6 Å². The van der Waals surface area contributed by atoms with Gasteiger partial charge in [-0.2, -0.15) is 9.97 Å². The standard InChI is InChI=1S/2C30H28ClFN6O4/c2*1-4-21(40)36-11-12-37-18(13-36)15-42-27-22-28(37)35-30(41)38(26-17(14-39)9-10-33-24(26)16(2)3)29(22)34-25(23(27)31)19-7-5-6-8-20(19)32/h2*4-10,16,18,39H,1,11-15H2,2-3H3/t2*18-/m11/s1. The van der Waals surface area contributed by atoms with E-state index in [1.165, 1.54) is 33.4 Å². The van der Waals surface area contributed by atoms with Crippen LogP contribution in [0.25, 0.3) is 56.0 Å². The zero-order valence-electron chi connectivity index (χ0n) is 46.1. The lowest BCUT2D eigenvalue weighted by Gasteiger charge is -2.40. The van der Waals surface area contributed by atoms with Gasteiger partial charge in [-0.05, 0) is 60.4 Å². The van der Waals surface area contributed by atoms with Gasteiger partial charge in [0.2, 0.25) is 11.8 Å². The summed E-state index contributed by atoms with van der Waals surface area (Å²) >= 11 is 13.9. The molecule has 0 radical (unpaired) electrons. The van der Waals surface area contributed by atoms with Gasteiger partial charge in [0.05, 0.1) is 59.4 Å². The smallest absolute Gasteiger partial charge is 0.355 e. The van der Waals surface area contributed by atoms with Crippen LogP contribution in [0.2, 0.25) is 10.0 Å². The molecule has 2 saturated heterocycles. The van der Waals surface area contributed by atoms with Crippen LogP contribution in [0.4, 0.5) is 20.4 Å². The summed E-state index contributed by atoms with van der Waals surface area (Å²) in [5.74, 6) is -0.746. The number of aliphatic hydroxyl groups is 2. The largest absolute Gasteiger partial charge is 0.489 e. The van der Waals surface area contributed by atoms with Crippen molar-refractivity contribution in [1.82, 2.24) is 48.8 Å². The quantitative estimate of drug-likeness (QED) is 0.125. The third-order valence-corrected chi connectivity index (χ3v) is 16.0. The Kier molecular flexibility index (Phi) is 15.7. The average molecular weight is 1180 g/mol. The number of amides is 2. The van der Waals surface area contributed by atoms with E-state index >= 15 is 8.78 Å². The maximum absolute atomic E-state index is 15.1. The number of piperazine rings is 2. The molecule has 0 saturated carbocycles. The van der Waals surface area contributed by atoms with Gasteiger partial charge in [0.25, 0.3) is 0 Å². The van der Waals surface area contributed by atoms with E-state index in [9.17, 15) is 29.4 Å². The van der Waals surface area contributed by atoms with Gasteiger partial charge >= 0.3 is 11.4 Å². The normalized spacial score (nSPS) is 16.3. The monoisotopic (exact) mass is 1180 g/mol. The van der Waals surface area contributed by atoms with Crippen LogP contribution < -0.4 is 30.7 Å². The molecule has 10 heterocycles. The van der Waals surface area contributed by atoms with E-state index in [1.54, 1.807) is 70.7 Å². The van der Waals surface area contributed by atoms with Crippen molar-refractivity contribution in [3.8, 4) is 45.4 Å². The number of nitrogens with zero attached hydrogens (tertiary/aromatic N) is 12. The highest BCUT2D eigenvalue weighted by molar-refractivity contribution is 6.36. The number of benzene rings is 2. The summed E-state index contributed by atoms with van der Waals surface area (Å²) in [5.41, 5.74) is 2.08. The number of halogens is 4. The summed E-state index contributed by atoms with van der Waals surface area (Å²) in [6.45, 7) is 16.5. The van der Waals surface area contributed by atoms with Gasteiger partial charge in [0.1, 0.15) is 57.3 Å². The average Bonchev–Trinajstić information content (AvgIpc) is 1.58. The lowest BCUT2D eigenvalue weighted by Crippen LogP contribution is -2.56. The Morgan fingerprint density at radius 1 is 0.631 bits per heavy atom. The molecule has 432 valence electrons. The van der Waals surface area contributed by atoms with Crippen molar-refractivity contribution in [2.24, 2.45) is 0 Å². The van der Waals surface area contributed by atoms with Gasteiger partial charge < -0.3 is 39.3 Å². The number of ether oxygens (including phenoxy) is 2. The summed E-state index contributed by atoms with van der Waals surface area (Å²) in [5, 5.41) is 21.5. The van der Waals surface area contributed by atoms with Crippen LogP contribution in [0.5, 0.6) is 11.5 Å². The van der Waals surface area contributed by atoms with Crippen LogP contribution in [-0.2, 0) is 22.8 Å². The first-order valence-corrected chi connectivity index (χ1v) is 27.9. The van der Waals surface area contributed by atoms with Crippen LogP contribution in [0.3, 0.4) is 0 Å². The van der Waals surface area contributed by atoms with Crippen molar-refractivity contribution in [2.75, 3.05) is 62.3 Å². The molecular weight excluding hydrogens is 1130 g/mol. The first kappa shape index (κ1) is 57.1. The molecule has 24 heteroatoms. The fourth-order valence-electron chi connectivity index (χ4n) is 11.3. The molecule has 0 unspecified atom stereocenters. The van der Waals surface area contributed by atoms with Crippen molar-refractivity contribution in [1.29, 1.82) is 0 Å². The molecule has 2 aromatic carbocycles. The molecule has 2 fully saturated rings. The number of fused-ring (bicyclic) bond motifs is 4. The molecular formula is C60H56Cl2F2N12O8. The lowest BCUT2D eigenvalue weighted by atomic mass is 10.0. The van der Waals surface area contributed by atoms with E-state index in [0.717, 1.165) is 0 Å². The fraction of sp³-hybridized carbons (Fsp3) is 0.300. The van der Waals surface area contributed by atoms with Crippen LogP contribution in [0.1, 0.15) is 62.0 Å². The zero-order chi connectivity index (χ0) is 59.4. The van der Waals surface area contributed by atoms with Crippen LogP contribution in [-0.4, -0.2) is 135 Å². The topological polar surface area (TPSA) is 227 Å². The minimum Gasteiger partial charge on any atom is -0.489 e. The third-order valence-electron chi connectivity index (χ3n) is 15.3. The van der Waals surface area contributed by atoms with Gasteiger partial charge in [0, 0.05) is 73.9 Å². The van der Waals surface area contributed by atoms with E-state index in [1.807, 2.05) is 37.5 Å². The SMILES string of the molecule is C=CC(=O)N1CCN2c3nc(=O)n(-c4c(CO)ccnc4C(C)C)c4nc(-c5ccccc5F)c(Cl)c(c34)OC[C@H]2C1.C=CC(=O)N1CCN2c3nc(=O)n(-c4c(CO)ccnc4C(C)C)c4nc(-c5ccccc5F)c(Cl)c(c34)OC[C@H]2C1. The van der Waals surface area contributed by atoms with Crippen LogP contribution >= 0.6 is 23.2 Å². The maximum Gasteiger partial charge on any atom is 0.355 e. The van der Waals surface area contributed by atoms with Gasteiger partial charge in [-0.15, -0.1) is 0 Å². The fourth-order valence-corrected chi connectivity index (χ4v) is 11.9. The van der Waals surface area contributed by atoms with Crippen molar-refractivity contribution in [3.63, 3.8) is 0 Å². The third kappa shape index (κ3) is 9.84. The molecule has 2 atom stereocenters. The summed E-state index contributed by atoms with van der Waals surface area (Å²) in [7, 11) is 0. The zero-order valence-corrected chi connectivity index (χ0v) is 47.6. The van der Waals surface area contributed by atoms with E-state index in [0.29, 0.717) is 95.6 Å². The highest BCUT2D eigenvalue weighted by Gasteiger charge is 2.40. The summed E-state index contributed by atoms with van der Waals surface area (Å²) in [6, 6.07) is 14.7. The van der Waals surface area contributed by atoms with E-state index < -0.39 is 23.0 Å². The molecule has 0 bridgehead atoms. The number of carbonyl (C=O) groups excluding carboxylic acids is 2.